The van der Waals surface area contributed by atoms with E-state index in [1.54, 1.807) is 0 Å². The van der Waals surface area contributed by atoms with Crippen LogP contribution in [0.3, 0.4) is 0 Å². The molecule has 0 bridgehead atoms. The molecule has 0 spiro atoms. The van der Waals surface area contributed by atoms with Crippen LogP contribution in [-0.2, 0) is 16.6 Å². The maximum atomic E-state index is 13.4. The van der Waals surface area contributed by atoms with Crippen molar-refractivity contribution in [3.8, 4) is 0 Å². The Kier molecular flexibility index (Phi) is 6.99. The van der Waals surface area contributed by atoms with Crippen LogP contribution in [0.1, 0.15) is 41.5 Å². The van der Waals surface area contributed by atoms with Crippen molar-refractivity contribution in [3.05, 3.63) is 107 Å². The van der Waals surface area contributed by atoms with Crippen molar-refractivity contribution in [2.45, 2.75) is 38.0 Å². The molecule has 3 nitrogen and oxygen atoms in total. The Morgan fingerprint density at radius 1 is 0.939 bits per heavy atom. The van der Waals surface area contributed by atoms with Crippen molar-refractivity contribution in [1.82, 2.24) is 0 Å². The monoisotopic (exact) mass is 441 g/mol. The van der Waals surface area contributed by atoms with E-state index in [1.165, 1.54) is 18.4 Å². The number of primary amides is 1. The van der Waals surface area contributed by atoms with Gasteiger partial charge in [0.25, 0.3) is 0 Å². The fraction of sp³-hybridized carbons (Fsp3) is 0.367. The number of amides is 1. The van der Waals surface area contributed by atoms with Gasteiger partial charge in [-0.2, -0.15) is 0 Å². The highest BCUT2D eigenvalue weighted by Crippen LogP contribution is 2.45. The maximum absolute atomic E-state index is 13.4. The fourth-order valence-electron chi connectivity index (χ4n) is 5.92. The molecule has 3 aromatic carbocycles. The molecule has 3 atom stereocenters. The zero-order chi connectivity index (χ0) is 23.3. The summed E-state index contributed by atoms with van der Waals surface area (Å²) < 4.78 is 1.01. The van der Waals surface area contributed by atoms with E-state index in [2.05, 4.69) is 80.7 Å². The van der Waals surface area contributed by atoms with E-state index in [0.717, 1.165) is 53.6 Å². The third kappa shape index (κ3) is 4.89. The van der Waals surface area contributed by atoms with Crippen LogP contribution in [0.5, 0.6) is 0 Å². The molecule has 1 aliphatic rings. The molecule has 3 aromatic rings. The molecule has 2 unspecified atom stereocenters. The number of nitrogens with two attached hydrogens (primary N) is 1. The topological polar surface area (TPSA) is 43.1 Å². The van der Waals surface area contributed by atoms with Crippen LogP contribution in [0.15, 0.2) is 84.9 Å². The van der Waals surface area contributed by atoms with Crippen molar-refractivity contribution in [1.29, 1.82) is 0 Å². The Bertz CT molecular complexity index is 1060. The minimum Gasteiger partial charge on any atom is -0.369 e. The van der Waals surface area contributed by atoms with Gasteiger partial charge >= 0.3 is 0 Å². The Morgan fingerprint density at radius 3 is 2.27 bits per heavy atom. The highest BCUT2D eigenvalue weighted by Gasteiger charge is 2.53. The zero-order valence-corrected chi connectivity index (χ0v) is 20.0. The minimum absolute atomic E-state index is 0.179. The van der Waals surface area contributed by atoms with Crippen LogP contribution in [-0.4, -0.2) is 37.1 Å². The molecular formula is C30H37N2O+. The fourth-order valence-corrected chi connectivity index (χ4v) is 5.92. The van der Waals surface area contributed by atoms with E-state index in [4.69, 9.17) is 5.73 Å². The van der Waals surface area contributed by atoms with Crippen LogP contribution in [0.2, 0.25) is 0 Å². The Hall–Kier alpha value is -2.91. The molecule has 1 aliphatic heterocycles. The minimum atomic E-state index is -0.798. The number of rotatable bonds is 9. The molecular weight excluding hydrogens is 404 g/mol. The number of likely N-dealkylation sites (tertiary alicyclic amines) is 1. The summed E-state index contributed by atoms with van der Waals surface area (Å²) in [6.07, 6.45) is 4.52. The highest BCUT2D eigenvalue weighted by molar-refractivity contribution is 5.91. The van der Waals surface area contributed by atoms with Gasteiger partial charge in [-0.1, -0.05) is 90.5 Å². The first-order valence-electron chi connectivity index (χ1n) is 12.2. The Balaban J connectivity index is 1.56. The van der Waals surface area contributed by atoms with E-state index in [-0.39, 0.29) is 11.8 Å². The molecule has 3 heteroatoms. The number of quaternary nitrogens is 1. The number of hydrogen-bond donors (Lipinski definition) is 1. The molecule has 1 saturated heterocycles. The van der Waals surface area contributed by atoms with Crippen LogP contribution < -0.4 is 5.73 Å². The largest absolute Gasteiger partial charge is 0.369 e. The molecule has 33 heavy (non-hydrogen) atoms. The summed E-state index contributed by atoms with van der Waals surface area (Å²) >= 11 is 0. The number of carbonyl (C=O) groups is 1. The molecule has 4 rings (SSSR count). The van der Waals surface area contributed by atoms with Gasteiger partial charge in [-0.15, -0.1) is 0 Å². The average Bonchev–Trinajstić information content (AvgIpc) is 3.21. The maximum Gasteiger partial charge on any atom is 0.233 e. The smallest absolute Gasteiger partial charge is 0.233 e. The van der Waals surface area contributed by atoms with Gasteiger partial charge < -0.3 is 10.2 Å². The van der Waals surface area contributed by atoms with E-state index in [1.807, 2.05) is 18.2 Å². The Morgan fingerprint density at radius 2 is 1.61 bits per heavy atom. The van der Waals surface area contributed by atoms with Gasteiger partial charge in [-0.05, 0) is 42.9 Å². The van der Waals surface area contributed by atoms with Gasteiger partial charge in [-0.3, -0.25) is 4.79 Å². The van der Waals surface area contributed by atoms with Gasteiger partial charge in [0.2, 0.25) is 5.91 Å². The Labute approximate surface area is 198 Å². The van der Waals surface area contributed by atoms with Crippen molar-refractivity contribution in [2.24, 2.45) is 11.7 Å². The lowest BCUT2D eigenvalue weighted by Gasteiger charge is -2.38. The molecule has 172 valence electrons. The van der Waals surface area contributed by atoms with E-state index >= 15 is 0 Å². The predicted octanol–water partition coefficient (Wildman–Crippen LogP) is 5.26. The second-order valence-electron chi connectivity index (χ2n) is 10.1. The predicted molar refractivity (Wildman–Crippen MR) is 136 cm³/mol. The summed E-state index contributed by atoms with van der Waals surface area (Å²) in [5.41, 5.74) is 10.1. The molecule has 1 fully saturated rings. The van der Waals surface area contributed by atoms with Gasteiger partial charge in [0.05, 0.1) is 26.7 Å². The number of hydrogen-bond acceptors (Lipinski definition) is 1. The molecule has 0 aliphatic carbocycles. The summed E-state index contributed by atoms with van der Waals surface area (Å²) in [7, 11) is 2.36. The molecule has 0 saturated carbocycles. The first-order chi connectivity index (χ1) is 15.9. The average molecular weight is 442 g/mol. The number of nitrogens with zero attached hydrogens (tertiary/aromatic N) is 1. The lowest BCUT2D eigenvalue weighted by Crippen LogP contribution is -2.51. The van der Waals surface area contributed by atoms with Gasteiger partial charge in [0, 0.05) is 12.3 Å². The molecule has 2 N–H and O–H groups in total. The number of carbonyl (C=O) groups excluding carboxylic acids is 1. The molecule has 0 aromatic heterocycles. The van der Waals surface area contributed by atoms with Gasteiger partial charge in [0.1, 0.15) is 5.41 Å². The summed E-state index contributed by atoms with van der Waals surface area (Å²) in [5, 5.41) is 0. The normalized spacial score (nSPS) is 22.1. The van der Waals surface area contributed by atoms with Crippen molar-refractivity contribution in [2.75, 3.05) is 26.7 Å². The van der Waals surface area contributed by atoms with Crippen LogP contribution >= 0.6 is 0 Å². The number of unbranched alkanes of at least 4 members (excludes halogenated alkanes) is 1. The summed E-state index contributed by atoms with van der Waals surface area (Å²) in [5.74, 6) is -0.0554. The van der Waals surface area contributed by atoms with E-state index < -0.39 is 5.41 Å². The van der Waals surface area contributed by atoms with Crippen molar-refractivity contribution >= 4 is 5.91 Å². The summed E-state index contributed by atoms with van der Waals surface area (Å²) in [4.78, 5) is 13.4. The first kappa shape index (κ1) is 23.3. The van der Waals surface area contributed by atoms with Crippen LogP contribution in [0, 0.1) is 12.8 Å². The second kappa shape index (κ2) is 9.93. The SMILES string of the molecule is Cc1cccc(C(C(N)=O)(c2ccccc2)[C@@H]2CC[N+](C)(CCCCc3ccccc3)C2)c1. The van der Waals surface area contributed by atoms with Gasteiger partial charge in [0.15, 0.2) is 0 Å². The van der Waals surface area contributed by atoms with Crippen LogP contribution in [0.4, 0.5) is 0 Å². The molecule has 1 amide bonds. The third-order valence-electron chi connectivity index (χ3n) is 7.64. The van der Waals surface area contributed by atoms with Crippen molar-refractivity contribution in [3.63, 3.8) is 0 Å². The lowest BCUT2D eigenvalue weighted by molar-refractivity contribution is -0.899. The van der Waals surface area contributed by atoms with E-state index in [9.17, 15) is 4.79 Å². The zero-order valence-electron chi connectivity index (χ0n) is 20.0. The van der Waals surface area contributed by atoms with Gasteiger partial charge in [-0.25, -0.2) is 0 Å². The second-order valence-corrected chi connectivity index (χ2v) is 10.1. The van der Waals surface area contributed by atoms with Crippen LogP contribution in [0.25, 0.3) is 0 Å². The van der Waals surface area contributed by atoms with Crippen molar-refractivity contribution < 1.29 is 9.28 Å². The number of aryl methyl sites for hydroxylation is 2. The standard InChI is InChI=1S/C30H36N2O/c1-24-12-11-18-27(22-24)30(29(31)33,26-16-7-4-8-17-26)28-19-21-32(2,23-28)20-10-9-15-25-13-5-3-6-14-25/h3-8,11-14,16-18,22,28H,9-10,15,19-21,23H2,1-2H3,(H-,31,33)/p+1/t28-,30?,32?/m1/s1. The summed E-state index contributed by atoms with van der Waals surface area (Å²) in [6, 6.07) is 29.3. The summed E-state index contributed by atoms with van der Waals surface area (Å²) in [6.45, 7) is 5.28. The lowest BCUT2D eigenvalue weighted by atomic mass is 9.64. The third-order valence-corrected chi connectivity index (χ3v) is 7.64. The van der Waals surface area contributed by atoms with E-state index in [0.29, 0.717) is 0 Å². The molecule has 1 heterocycles. The first-order valence-corrected chi connectivity index (χ1v) is 12.2. The number of benzene rings is 3. The molecule has 0 radical (unpaired) electrons. The quantitative estimate of drug-likeness (QED) is 0.357. The highest BCUT2D eigenvalue weighted by atomic mass is 16.1.